The topological polar surface area (TPSA) is 37.2 Å². The van der Waals surface area contributed by atoms with Crippen molar-refractivity contribution in [2.75, 3.05) is 9.80 Å². The summed E-state index contributed by atoms with van der Waals surface area (Å²) < 4.78 is 2.46. The molecule has 64 heavy (non-hydrogen) atoms. The van der Waals surface area contributed by atoms with Crippen LogP contribution in [0.2, 0.25) is 0 Å². The second kappa shape index (κ2) is 15.3. The summed E-state index contributed by atoms with van der Waals surface area (Å²) in [6.45, 7) is 15.9. The van der Waals surface area contributed by atoms with Crippen molar-refractivity contribution in [3.05, 3.63) is 193 Å². The van der Waals surface area contributed by atoms with Crippen LogP contribution < -0.4 is 26.2 Å². The van der Waals surface area contributed by atoms with Crippen LogP contribution in [0, 0.1) is 0 Å². The predicted molar refractivity (Wildman–Crippen MR) is 271 cm³/mol. The van der Waals surface area contributed by atoms with Gasteiger partial charge in [0.15, 0.2) is 0 Å². The van der Waals surface area contributed by atoms with Crippen molar-refractivity contribution >= 4 is 68.3 Å². The quantitative estimate of drug-likeness (QED) is 0.150. The normalized spacial score (nSPS) is 13.1. The van der Waals surface area contributed by atoms with Crippen LogP contribution >= 0.6 is 0 Å². The molecule has 0 aliphatic carbocycles. The van der Waals surface area contributed by atoms with Crippen LogP contribution in [0.15, 0.2) is 176 Å². The van der Waals surface area contributed by atoms with Gasteiger partial charge in [0.25, 0.3) is 6.71 Å². The van der Waals surface area contributed by atoms with Gasteiger partial charge in [-0.15, -0.1) is 0 Å². The molecule has 0 amide bonds. The number of fused-ring (bicyclic) bond motifs is 5. The van der Waals surface area contributed by atoms with Gasteiger partial charge in [-0.1, -0.05) is 139 Å². The maximum atomic E-state index is 5.52. The van der Waals surface area contributed by atoms with Crippen LogP contribution in [0.5, 0.6) is 0 Å². The first-order chi connectivity index (χ1) is 31.1. The van der Waals surface area contributed by atoms with Crippen molar-refractivity contribution < 1.29 is 0 Å². The maximum absolute atomic E-state index is 5.52. The van der Waals surface area contributed by atoms with E-state index in [9.17, 15) is 0 Å². The highest BCUT2D eigenvalue weighted by atomic mass is 15.2. The second-order valence-corrected chi connectivity index (χ2v) is 19.1. The lowest BCUT2D eigenvalue weighted by Crippen LogP contribution is -2.61. The Hall–Kier alpha value is -7.18. The van der Waals surface area contributed by atoms with Gasteiger partial charge >= 0.3 is 0 Å². The number of para-hydroxylation sites is 5. The van der Waals surface area contributed by atoms with Crippen molar-refractivity contribution in [3.8, 4) is 28.3 Å². The number of imidazole rings is 1. The number of pyridine rings is 1. The van der Waals surface area contributed by atoms with Crippen molar-refractivity contribution in [3.63, 3.8) is 0 Å². The van der Waals surface area contributed by atoms with E-state index in [1.54, 1.807) is 0 Å². The molecule has 6 heteroatoms. The minimum absolute atomic E-state index is 0.00836. The highest BCUT2D eigenvalue weighted by molar-refractivity contribution is 7.00. The van der Waals surface area contributed by atoms with Crippen LogP contribution in [0.25, 0.3) is 39.4 Å². The number of hydrogen-bond acceptors (Lipinski definition) is 4. The molecular weight excluding hydrogens is 777 g/mol. The molecule has 0 saturated carbocycles. The van der Waals surface area contributed by atoms with Crippen LogP contribution in [0.4, 0.5) is 34.1 Å². The molecule has 0 bridgehead atoms. The minimum Gasteiger partial charge on any atom is -0.311 e. The van der Waals surface area contributed by atoms with E-state index in [1.165, 1.54) is 55.8 Å². The molecule has 0 radical (unpaired) electrons. The summed E-state index contributed by atoms with van der Waals surface area (Å²) in [5.41, 5.74) is 21.1. The van der Waals surface area contributed by atoms with Crippen LogP contribution in [0.1, 0.15) is 77.0 Å². The third kappa shape index (κ3) is 6.38. The number of aromatic nitrogens is 3. The van der Waals surface area contributed by atoms with Crippen molar-refractivity contribution in [2.45, 2.75) is 65.7 Å². The van der Waals surface area contributed by atoms with Gasteiger partial charge in [0.05, 0.1) is 22.4 Å². The monoisotopic (exact) mass is 829 g/mol. The van der Waals surface area contributed by atoms with E-state index in [4.69, 9.17) is 9.97 Å². The summed E-state index contributed by atoms with van der Waals surface area (Å²) in [4.78, 5) is 15.4. The first kappa shape index (κ1) is 39.7. The molecule has 7 aromatic carbocycles. The molecular formula is C58H52BN5. The molecule has 0 N–H and O–H groups in total. The first-order valence-corrected chi connectivity index (χ1v) is 22.8. The largest absolute Gasteiger partial charge is 0.311 e. The highest BCUT2D eigenvalue weighted by Crippen LogP contribution is 2.45. The van der Waals surface area contributed by atoms with Crippen LogP contribution in [-0.4, -0.2) is 21.2 Å². The Bertz CT molecular complexity index is 3190. The molecule has 0 spiro atoms. The standard InChI is InChI=1S/C58H52BN5/c1-37(2)44-22-16-23-45(38(3)4)56(44)64-52-25-15-14-24-48(52)61-57(64)40-29-31-51-47(35-40)59-46-34-39(49-36-41(32-33-60-49)58(5,6)7)28-30-50(46)62(42-18-10-8-11-19-42)53-26-17-27-54(55(53)59)63(51)43-20-12-9-13-21-43/h8-38H,1-7H3. The molecule has 2 aliphatic rings. The van der Waals surface area contributed by atoms with Crippen molar-refractivity contribution in [1.29, 1.82) is 0 Å². The minimum atomic E-state index is -0.0890. The van der Waals surface area contributed by atoms with Gasteiger partial charge in [-0.05, 0) is 135 Å². The summed E-state index contributed by atoms with van der Waals surface area (Å²) in [6, 6.07) is 62.4. The van der Waals surface area contributed by atoms with E-state index < -0.39 is 0 Å². The van der Waals surface area contributed by atoms with Crippen molar-refractivity contribution in [1.82, 2.24) is 14.5 Å². The molecule has 312 valence electrons. The number of anilines is 6. The third-order valence-corrected chi connectivity index (χ3v) is 13.3. The van der Waals surface area contributed by atoms with E-state index in [2.05, 4.69) is 233 Å². The van der Waals surface area contributed by atoms with Gasteiger partial charge in [-0.2, -0.15) is 0 Å². The highest BCUT2D eigenvalue weighted by Gasteiger charge is 2.43. The summed E-state index contributed by atoms with van der Waals surface area (Å²) >= 11 is 0. The first-order valence-electron chi connectivity index (χ1n) is 22.8. The van der Waals surface area contributed by atoms with Crippen LogP contribution in [-0.2, 0) is 5.41 Å². The summed E-state index contributed by atoms with van der Waals surface area (Å²) in [5.74, 6) is 1.59. The molecule has 0 unspecified atom stereocenters. The van der Waals surface area contributed by atoms with Crippen LogP contribution in [0.3, 0.4) is 0 Å². The Morgan fingerprint density at radius 2 is 1.06 bits per heavy atom. The van der Waals surface area contributed by atoms with Gasteiger partial charge in [0.2, 0.25) is 0 Å². The number of nitrogens with zero attached hydrogens (tertiary/aromatic N) is 5. The molecule has 11 rings (SSSR count). The zero-order valence-corrected chi connectivity index (χ0v) is 37.7. The Morgan fingerprint density at radius 1 is 0.516 bits per heavy atom. The van der Waals surface area contributed by atoms with Crippen molar-refractivity contribution in [2.24, 2.45) is 0 Å². The van der Waals surface area contributed by atoms with E-state index >= 15 is 0 Å². The number of benzene rings is 7. The molecule has 0 saturated heterocycles. The molecule has 2 aliphatic heterocycles. The predicted octanol–water partition coefficient (Wildman–Crippen LogP) is 13.4. The van der Waals surface area contributed by atoms with E-state index in [0.29, 0.717) is 11.8 Å². The third-order valence-electron chi connectivity index (χ3n) is 13.3. The average molecular weight is 830 g/mol. The van der Waals surface area contributed by atoms with E-state index in [0.717, 1.165) is 50.7 Å². The Labute approximate surface area is 377 Å². The number of rotatable bonds is 7. The van der Waals surface area contributed by atoms with Gasteiger partial charge in [0.1, 0.15) is 5.82 Å². The lowest BCUT2D eigenvalue weighted by molar-refractivity contribution is 0.589. The van der Waals surface area contributed by atoms with Gasteiger partial charge in [0, 0.05) is 45.9 Å². The zero-order chi connectivity index (χ0) is 43.9. The Kier molecular flexibility index (Phi) is 9.46. The van der Waals surface area contributed by atoms with Gasteiger partial charge < -0.3 is 9.80 Å². The Balaban J connectivity index is 1.22. The Morgan fingerprint density at radius 3 is 1.66 bits per heavy atom. The molecule has 5 nitrogen and oxygen atoms in total. The molecule has 4 heterocycles. The van der Waals surface area contributed by atoms with E-state index in [-0.39, 0.29) is 12.1 Å². The lowest BCUT2D eigenvalue weighted by Gasteiger charge is -2.44. The molecule has 0 atom stereocenters. The second-order valence-electron chi connectivity index (χ2n) is 19.1. The summed E-state index contributed by atoms with van der Waals surface area (Å²) in [7, 11) is 0. The number of hydrogen-bond donors (Lipinski definition) is 0. The van der Waals surface area contributed by atoms with Gasteiger partial charge in [-0.25, -0.2) is 4.98 Å². The van der Waals surface area contributed by atoms with Gasteiger partial charge in [-0.3, -0.25) is 9.55 Å². The smallest absolute Gasteiger partial charge is 0.252 e. The molecule has 2 aromatic heterocycles. The lowest BCUT2D eigenvalue weighted by atomic mass is 9.33. The maximum Gasteiger partial charge on any atom is 0.252 e. The summed E-state index contributed by atoms with van der Waals surface area (Å²) in [6.07, 6.45) is 1.97. The summed E-state index contributed by atoms with van der Waals surface area (Å²) in [5, 5.41) is 0. The fourth-order valence-corrected chi connectivity index (χ4v) is 10.2. The van der Waals surface area contributed by atoms with E-state index in [1.807, 2.05) is 6.20 Å². The zero-order valence-electron chi connectivity index (χ0n) is 37.7. The fourth-order valence-electron chi connectivity index (χ4n) is 10.2. The molecule has 0 fully saturated rings. The molecule has 9 aromatic rings. The fraction of sp³-hybridized carbons (Fsp3) is 0.172. The SMILES string of the molecule is CC(C)c1cccc(C(C)C)c1-n1c(-c2ccc3c(c2)B2c4cc(-c5cc(C(C)(C)C)ccn5)ccc4N(c4ccccc4)c4cccc(c42)N3c2ccccc2)nc2ccccc21. The average Bonchev–Trinajstić information content (AvgIpc) is 3.70.